The van der Waals surface area contributed by atoms with E-state index in [1.54, 1.807) is 0 Å². The van der Waals surface area contributed by atoms with Gasteiger partial charge < -0.3 is 10.2 Å². The van der Waals surface area contributed by atoms with Crippen LogP contribution in [0.1, 0.15) is 6.42 Å². The van der Waals surface area contributed by atoms with Gasteiger partial charge >= 0.3 is 11.4 Å². The molecule has 3 nitrogen and oxygen atoms in total. The molecule has 0 spiro atoms. The second-order valence-electron chi connectivity index (χ2n) is 1.66. The van der Waals surface area contributed by atoms with E-state index < -0.39 is 23.9 Å². The van der Waals surface area contributed by atoms with Crippen molar-refractivity contribution in [2.45, 2.75) is 17.9 Å². The number of carboxylic acids is 1. The number of aliphatic hydroxyl groups excluding tert-OH is 1. The highest BCUT2D eigenvalue weighted by atomic mass is 35.5. The number of carbonyl (C=O) groups is 1. The van der Waals surface area contributed by atoms with Crippen molar-refractivity contribution < 1.29 is 23.8 Å². The van der Waals surface area contributed by atoms with E-state index in [0.717, 1.165) is 0 Å². The minimum absolute atomic E-state index is 1.06. The molecule has 1 atom stereocenters. The zero-order chi connectivity index (χ0) is 8.36. The van der Waals surface area contributed by atoms with Gasteiger partial charge in [0.05, 0.1) is 6.42 Å². The molecule has 0 amide bonds. The smallest absolute Gasteiger partial charge is 0.347 e. The standard InChI is InChI=1S/C4H5ClF2O3/c5-4(6,7)2(8)1-3(9)10/h2,8H,1H2,(H,9,10). The summed E-state index contributed by atoms with van der Waals surface area (Å²) in [6, 6.07) is 0. The number of hydrogen-bond donors (Lipinski definition) is 2. The maximum absolute atomic E-state index is 11.7. The van der Waals surface area contributed by atoms with Gasteiger partial charge in [0, 0.05) is 0 Å². The summed E-state index contributed by atoms with van der Waals surface area (Å²) in [7, 11) is 0. The summed E-state index contributed by atoms with van der Waals surface area (Å²) in [5.74, 6) is -1.52. The summed E-state index contributed by atoms with van der Waals surface area (Å²) in [6.45, 7) is 0. The molecule has 0 aliphatic heterocycles. The summed E-state index contributed by atoms with van der Waals surface area (Å²) in [5.41, 5.74) is 0. The zero-order valence-corrected chi connectivity index (χ0v) is 5.48. The summed E-state index contributed by atoms with van der Waals surface area (Å²) in [4.78, 5) is 9.70. The van der Waals surface area contributed by atoms with Crippen molar-refractivity contribution in [3.05, 3.63) is 0 Å². The highest BCUT2D eigenvalue weighted by Gasteiger charge is 2.36. The van der Waals surface area contributed by atoms with E-state index in [9.17, 15) is 13.6 Å². The molecule has 0 saturated heterocycles. The van der Waals surface area contributed by atoms with Crippen LogP contribution in [0.4, 0.5) is 8.78 Å². The number of aliphatic hydroxyl groups is 1. The first-order valence-corrected chi connectivity index (χ1v) is 2.68. The topological polar surface area (TPSA) is 57.5 Å². The van der Waals surface area contributed by atoms with Crippen LogP contribution in [0.25, 0.3) is 0 Å². The van der Waals surface area contributed by atoms with Gasteiger partial charge in [-0.2, -0.15) is 8.78 Å². The SMILES string of the molecule is O=C(O)CC(O)C(F)(F)Cl. The van der Waals surface area contributed by atoms with Crippen molar-refractivity contribution in [1.29, 1.82) is 0 Å². The quantitative estimate of drug-likeness (QED) is 0.618. The normalized spacial score (nSPS) is 14.8. The molecule has 0 saturated carbocycles. The van der Waals surface area contributed by atoms with E-state index in [1.165, 1.54) is 0 Å². The summed E-state index contributed by atoms with van der Waals surface area (Å²) >= 11 is 4.28. The summed E-state index contributed by atoms with van der Waals surface area (Å²) < 4.78 is 23.5. The Labute approximate surface area is 60.2 Å². The van der Waals surface area contributed by atoms with E-state index in [1.807, 2.05) is 0 Å². The van der Waals surface area contributed by atoms with Gasteiger partial charge in [0.2, 0.25) is 0 Å². The first-order chi connectivity index (χ1) is 4.34. The molecule has 0 bridgehead atoms. The molecule has 0 heterocycles. The zero-order valence-electron chi connectivity index (χ0n) is 4.72. The molecule has 60 valence electrons. The Morgan fingerprint density at radius 1 is 1.70 bits per heavy atom. The molecule has 0 aliphatic rings. The van der Waals surface area contributed by atoms with Gasteiger partial charge in [-0.25, -0.2) is 0 Å². The van der Waals surface area contributed by atoms with Gasteiger partial charge in [-0.3, -0.25) is 4.79 Å². The predicted molar refractivity (Wildman–Crippen MR) is 29.1 cm³/mol. The van der Waals surface area contributed by atoms with E-state index >= 15 is 0 Å². The lowest BCUT2D eigenvalue weighted by Crippen LogP contribution is -2.29. The number of halogens is 3. The van der Waals surface area contributed by atoms with Crippen molar-refractivity contribution in [2.75, 3.05) is 0 Å². The maximum atomic E-state index is 11.7. The third-order valence-corrected chi connectivity index (χ3v) is 0.998. The first kappa shape index (κ1) is 9.58. The minimum Gasteiger partial charge on any atom is -0.481 e. The van der Waals surface area contributed by atoms with Crippen LogP contribution in [0, 0.1) is 0 Å². The van der Waals surface area contributed by atoms with Crippen molar-refractivity contribution in [3.63, 3.8) is 0 Å². The highest BCUT2D eigenvalue weighted by molar-refractivity contribution is 6.22. The van der Waals surface area contributed by atoms with Crippen molar-refractivity contribution in [2.24, 2.45) is 0 Å². The molecule has 0 fully saturated rings. The summed E-state index contributed by atoms with van der Waals surface area (Å²) in [5, 5.41) is 12.3. The predicted octanol–water partition coefficient (Wildman–Crippen LogP) is 0.654. The number of carboxylic acid groups (broad SMARTS) is 1. The van der Waals surface area contributed by atoms with Gasteiger partial charge in [-0.05, 0) is 11.6 Å². The molecule has 0 aromatic carbocycles. The number of rotatable bonds is 3. The lowest BCUT2D eigenvalue weighted by Gasteiger charge is -2.12. The van der Waals surface area contributed by atoms with Gasteiger partial charge in [0.25, 0.3) is 0 Å². The second-order valence-corrected chi connectivity index (χ2v) is 2.16. The van der Waals surface area contributed by atoms with Crippen LogP contribution in [-0.2, 0) is 4.79 Å². The Bertz CT molecular complexity index is 133. The molecule has 10 heavy (non-hydrogen) atoms. The number of aliphatic carboxylic acids is 1. The fourth-order valence-electron chi connectivity index (χ4n) is 0.281. The molecule has 6 heteroatoms. The molecule has 0 radical (unpaired) electrons. The van der Waals surface area contributed by atoms with Gasteiger partial charge in [0.15, 0.2) is 0 Å². The molecular formula is C4H5ClF2O3. The van der Waals surface area contributed by atoms with E-state index in [2.05, 4.69) is 11.6 Å². The minimum atomic E-state index is -3.86. The Hall–Kier alpha value is -0.420. The van der Waals surface area contributed by atoms with Crippen molar-refractivity contribution in [1.82, 2.24) is 0 Å². The lowest BCUT2D eigenvalue weighted by molar-refractivity contribution is -0.143. The maximum Gasteiger partial charge on any atom is 0.347 e. The van der Waals surface area contributed by atoms with Crippen LogP contribution >= 0.6 is 11.6 Å². The van der Waals surface area contributed by atoms with E-state index in [0.29, 0.717) is 0 Å². The van der Waals surface area contributed by atoms with Crippen LogP contribution in [0.5, 0.6) is 0 Å². The molecular weight excluding hydrogens is 169 g/mol. The van der Waals surface area contributed by atoms with Crippen LogP contribution in [0.3, 0.4) is 0 Å². The van der Waals surface area contributed by atoms with Crippen LogP contribution in [0.2, 0.25) is 0 Å². The Balaban J connectivity index is 3.85. The third kappa shape index (κ3) is 3.58. The Morgan fingerprint density at radius 2 is 2.10 bits per heavy atom. The second kappa shape index (κ2) is 3.12. The molecule has 1 unspecified atom stereocenters. The third-order valence-electron chi connectivity index (χ3n) is 0.746. The molecule has 0 aliphatic carbocycles. The highest BCUT2D eigenvalue weighted by Crippen LogP contribution is 2.25. The Morgan fingerprint density at radius 3 is 2.20 bits per heavy atom. The Kier molecular flexibility index (Phi) is 2.98. The molecule has 0 aromatic rings. The van der Waals surface area contributed by atoms with Gasteiger partial charge in [0.1, 0.15) is 6.10 Å². The molecule has 2 N–H and O–H groups in total. The average molecular weight is 175 g/mol. The van der Waals surface area contributed by atoms with Crippen molar-refractivity contribution in [3.8, 4) is 0 Å². The fraction of sp³-hybridized carbons (Fsp3) is 0.750. The molecule has 0 aromatic heterocycles. The number of alkyl halides is 3. The monoisotopic (exact) mass is 174 g/mol. The molecule has 0 rings (SSSR count). The average Bonchev–Trinajstić information content (AvgIpc) is 1.60. The van der Waals surface area contributed by atoms with Gasteiger partial charge in [-0.15, -0.1) is 0 Å². The lowest BCUT2D eigenvalue weighted by atomic mass is 10.3. The first-order valence-electron chi connectivity index (χ1n) is 2.30. The van der Waals surface area contributed by atoms with Crippen LogP contribution in [0.15, 0.2) is 0 Å². The van der Waals surface area contributed by atoms with Crippen LogP contribution < -0.4 is 0 Å². The number of hydrogen-bond acceptors (Lipinski definition) is 2. The fourth-order valence-corrected chi connectivity index (χ4v) is 0.358. The van der Waals surface area contributed by atoms with Crippen LogP contribution in [-0.4, -0.2) is 27.7 Å². The largest absolute Gasteiger partial charge is 0.481 e. The van der Waals surface area contributed by atoms with Gasteiger partial charge in [-0.1, -0.05) is 0 Å². The van der Waals surface area contributed by atoms with E-state index in [-0.39, 0.29) is 0 Å². The summed E-state index contributed by atoms with van der Waals surface area (Å²) in [6.07, 6.45) is -3.39. The van der Waals surface area contributed by atoms with E-state index in [4.69, 9.17) is 10.2 Å². The van der Waals surface area contributed by atoms with Crippen molar-refractivity contribution >= 4 is 17.6 Å².